The van der Waals surface area contributed by atoms with Gasteiger partial charge in [-0.3, -0.25) is 14.9 Å². The van der Waals surface area contributed by atoms with Crippen molar-refractivity contribution >= 4 is 17.6 Å². The van der Waals surface area contributed by atoms with E-state index in [1.807, 2.05) is 50.2 Å². The Kier molecular flexibility index (Phi) is 6.77. The molecule has 0 spiro atoms. The van der Waals surface area contributed by atoms with Crippen molar-refractivity contribution in [3.8, 4) is 5.75 Å². The molecule has 1 unspecified atom stereocenters. The van der Waals surface area contributed by atoms with E-state index >= 15 is 0 Å². The van der Waals surface area contributed by atoms with E-state index in [0.717, 1.165) is 5.56 Å². The minimum atomic E-state index is -0.976. The van der Waals surface area contributed by atoms with Crippen LogP contribution in [0.25, 0.3) is 0 Å². The van der Waals surface area contributed by atoms with E-state index in [2.05, 4.69) is 31.3 Å². The topological polar surface area (TPSA) is 78.9 Å². The van der Waals surface area contributed by atoms with Gasteiger partial charge in [0, 0.05) is 0 Å². The van der Waals surface area contributed by atoms with E-state index in [4.69, 9.17) is 4.74 Å². The second kappa shape index (κ2) is 9.30. The summed E-state index contributed by atoms with van der Waals surface area (Å²) in [7, 11) is 0. The van der Waals surface area contributed by atoms with Crippen LogP contribution in [0.1, 0.15) is 44.7 Å². The van der Waals surface area contributed by atoms with Crippen molar-refractivity contribution in [2.75, 3.05) is 11.5 Å². The van der Waals surface area contributed by atoms with Crippen molar-refractivity contribution in [3.05, 3.63) is 59.7 Å². The lowest BCUT2D eigenvalue weighted by Crippen LogP contribution is -2.55. The number of para-hydroxylation sites is 2. The van der Waals surface area contributed by atoms with Gasteiger partial charge in [-0.1, -0.05) is 64.1 Å². The Balaban J connectivity index is 1.90. The highest BCUT2D eigenvalue weighted by atomic mass is 16.5. The molecule has 6 heteroatoms. The highest BCUT2D eigenvalue weighted by Gasteiger charge is 2.35. The van der Waals surface area contributed by atoms with Gasteiger partial charge in [-0.2, -0.15) is 0 Å². The maximum atomic E-state index is 13.5. The molecule has 1 aliphatic heterocycles. The summed E-state index contributed by atoms with van der Waals surface area (Å²) in [5.74, 6) is -0.288. The third kappa shape index (κ3) is 4.82. The molecule has 0 saturated carbocycles. The Labute approximate surface area is 177 Å². The predicted octanol–water partition coefficient (Wildman–Crippen LogP) is 3.80. The van der Waals surface area contributed by atoms with Gasteiger partial charge >= 0.3 is 5.97 Å². The molecule has 0 radical (unpaired) electrons. The number of fused-ring (bicyclic) bond motifs is 1. The summed E-state index contributed by atoms with van der Waals surface area (Å²) < 4.78 is 5.89. The summed E-state index contributed by atoms with van der Waals surface area (Å²) >= 11 is 0. The standard InChI is InChI=1S/C24H30N2O4/c1-15(2)18-11-9-17(10-12-18)13-26-20-7-5-6-8-21(20)30-14-19(23(26)27)25-22(16(3)4)24(28)29/h5-12,15-16,19,22,25H,13-14H2,1-4H3,(H,28,29)/t19?,22-/m0/s1. The molecule has 1 aliphatic rings. The van der Waals surface area contributed by atoms with Gasteiger partial charge in [-0.05, 0) is 35.1 Å². The average Bonchev–Trinajstić information content (AvgIpc) is 2.83. The van der Waals surface area contributed by atoms with Crippen LogP contribution < -0.4 is 15.0 Å². The maximum Gasteiger partial charge on any atom is 0.320 e. The first kappa shape index (κ1) is 21.8. The van der Waals surface area contributed by atoms with Crippen molar-refractivity contribution in [1.82, 2.24) is 5.32 Å². The number of nitrogens with one attached hydrogen (secondary N) is 1. The number of ether oxygens (including phenoxy) is 1. The van der Waals surface area contributed by atoms with Crippen molar-refractivity contribution in [2.45, 2.75) is 52.2 Å². The summed E-state index contributed by atoms with van der Waals surface area (Å²) in [5.41, 5.74) is 2.93. The van der Waals surface area contributed by atoms with Gasteiger partial charge in [0.1, 0.15) is 24.4 Å². The van der Waals surface area contributed by atoms with Gasteiger partial charge in [0.15, 0.2) is 0 Å². The second-order valence-electron chi connectivity index (χ2n) is 8.38. The largest absolute Gasteiger partial charge is 0.489 e. The van der Waals surface area contributed by atoms with Crippen molar-refractivity contribution in [3.63, 3.8) is 0 Å². The number of hydrogen-bond acceptors (Lipinski definition) is 4. The lowest BCUT2D eigenvalue weighted by Gasteiger charge is -2.28. The zero-order chi connectivity index (χ0) is 21.8. The number of carbonyl (C=O) groups is 2. The van der Waals surface area contributed by atoms with Crippen LogP contribution in [0.4, 0.5) is 5.69 Å². The van der Waals surface area contributed by atoms with Crippen molar-refractivity contribution < 1.29 is 19.4 Å². The number of anilines is 1. The minimum Gasteiger partial charge on any atom is -0.489 e. The number of amides is 1. The molecule has 2 N–H and O–H groups in total. The van der Waals surface area contributed by atoms with Crippen LogP contribution in [-0.2, 0) is 16.1 Å². The van der Waals surface area contributed by atoms with Gasteiger partial charge in [0.2, 0.25) is 5.91 Å². The fourth-order valence-electron chi connectivity index (χ4n) is 3.59. The van der Waals surface area contributed by atoms with Crippen molar-refractivity contribution in [1.29, 1.82) is 0 Å². The Hall–Kier alpha value is -2.86. The summed E-state index contributed by atoms with van der Waals surface area (Å²) in [6.07, 6.45) is 0. The minimum absolute atomic E-state index is 0.0785. The molecule has 1 amide bonds. The first-order valence-corrected chi connectivity index (χ1v) is 10.4. The molecule has 30 heavy (non-hydrogen) atoms. The van der Waals surface area contributed by atoms with Gasteiger partial charge < -0.3 is 14.7 Å². The summed E-state index contributed by atoms with van der Waals surface area (Å²) in [6.45, 7) is 8.38. The molecule has 0 aliphatic carbocycles. The predicted molar refractivity (Wildman–Crippen MR) is 117 cm³/mol. The number of nitrogens with zero attached hydrogens (tertiary/aromatic N) is 1. The fourth-order valence-corrected chi connectivity index (χ4v) is 3.59. The van der Waals surface area contributed by atoms with Crippen LogP contribution in [0.15, 0.2) is 48.5 Å². The monoisotopic (exact) mass is 410 g/mol. The molecular weight excluding hydrogens is 380 g/mol. The van der Waals surface area contributed by atoms with E-state index in [9.17, 15) is 14.7 Å². The highest BCUT2D eigenvalue weighted by molar-refractivity contribution is 5.99. The number of benzene rings is 2. The highest BCUT2D eigenvalue weighted by Crippen LogP contribution is 2.32. The van der Waals surface area contributed by atoms with Crippen LogP contribution in [0.2, 0.25) is 0 Å². The third-order valence-corrected chi connectivity index (χ3v) is 5.43. The maximum absolute atomic E-state index is 13.5. The van der Waals surface area contributed by atoms with Gasteiger partial charge in [-0.15, -0.1) is 0 Å². The second-order valence-corrected chi connectivity index (χ2v) is 8.38. The Morgan fingerprint density at radius 2 is 1.80 bits per heavy atom. The normalized spacial score (nSPS) is 17.5. The smallest absolute Gasteiger partial charge is 0.320 e. The molecule has 0 saturated heterocycles. The molecule has 6 nitrogen and oxygen atoms in total. The van der Waals surface area contributed by atoms with E-state index in [1.54, 1.807) is 4.90 Å². The number of carbonyl (C=O) groups excluding carboxylic acids is 1. The van der Waals surface area contributed by atoms with E-state index in [0.29, 0.717) is 23.9 Å². The Bertz CT molecular complexity index is 892. The summed E-state index contributed by atoms with van der Waals surface area (Å²) in [4.78, 5) is 26.8. The van der Waals surface area contributed by atoms with Crippen LogP contribution in [-0.4, -0.2) is 35.7 Å². The van der Waals surface area contributed by atoms with Crippen molar-refractivity contribution in [2.24, 2.45) is 5.92 Å². The lowest BCUT2D eigenvalue weighted by molar-refractivity contribution is -0.141. The van der Waals surface area contributed by atoms with Crippen LogP contribution in [0.5, 0.6) is 5.75 Å². The number of hydrogen-bond donors (Lipinski definition) is 2. The lowest BCUT2D eigenvalue weighted by atomic mass is 10.0. The summed E-state index contributed by atoms with van der Waals surface area (Å²) in [6, 6.07) is 14.1. The van der Waals surface area contributed by atoms with E-state index < -0.39 is 18.1 Å². The van der Waals surface area contributed by atoms with E-state index in [1.165, 1.54) is 5.56 Å². The van der Waals surface area contributed by atoms with E-state index in [-0.39, 0.29) is 18.4 Å². The molecule has 0 fully saturated rings. The molecule has 160 valence electrons. The zero-order valence-electron chi connectivity index (χ0n) is 18.0. The quantitative estimate of drug-likeness (QED) is 0.726. The Morgan fingerprint density at radius 1 is 1.13 bits per heavy atom. The molecule has 0 aromatic heterocycles. The van der Waals surface area contributed by atoms with Gasteiger partial charge in [0.25, 0.3) is 0 Å². The number of aliphatic carboxylic acids is 1. The SMILES string of the molecule is CC(C)c1ccc(CN2C(=O)C(N[C@H](C(=O)O)C(C)C)COc3ccccc32)cc1. The average molecular weight is 411 g/mol. The number of carboxylic acid groups (broad SMARTS) is 1. The first-order valence-electron chi connectivity index (χ1n) is 10.4. The molecule has 3 rings (SSSR count). The number of carboxylic acids is 1. The molecule has 2 atom stereocenters. The Morgan fingerprint density at radius 3 is 2.40 bits per heavy atom. The van der Waals surface area contributed by atoms with Gasteiger partial charge in [-0.25, -0.2) is 0 Å². The van der Waals surface area contributed by atoms with Crippen LogP contribution in [0.3, 0.4) is 0 Å². The molecule has 1 heterocycles. The van der Waals surface area contributed by atoms with Crippen LogP contribution >= 0.6 is 0 Å². The number of rotatable bonds is 7. The van der Waals surface area contributed by atoms with Gasteiger partial charge in [0.05, 0.1) is 12.2 Å². The zero-order valence-corrected chi connectivity index (χ0v) is 18.0. The molecule has 0 bridgehead atoms. The fraction of sp³-hybridized carbons (Fsp3) is 0.417. The molecular formula is C24H30N2O4. The third-order valence-electron chi connectivity index (χ3n) is 5.43. The summed E-state index contributed by atoms with van der Waals surface area (Å²) in [5, 5.41) is 12.6. The molecule has 2 aromatic carbocycles. The first-order chi connectivity index (χ1) is 14.3. The molecule has 2 aromatic rings. The van der Waals surface area contributed by atoms with Crippen LogP contribution in [0, 0.1) is 5.92 Å².